The van der Waals surface area contributed by atoms with Crippen LogP contribution in [0.1, 0.15) is 35.7 Å². The summed E-state index contributed by atoms with van der Waals surface area (Å²) in [5.41, 5.74) is 1.62. The number of hydrogen-bond donors (Lipinski definition) is 1. The van der Waals surface area contributed by atoms with E-state index in [0.717, 1.165) is 10.6 Å². The molecule has 33 heavy (non-hydrogen) atoms. The summed E-state index contributed by atoms with van der Waals surface area (Å²) in [6.07, 6.45) is 0. The summed E-state index contributed by atoms with van der Waals surface area (Å²) in [4.78, 5) is 25.8. The van der Waals surface area contributed by atoms with E-state index < -0.39 is 18.5 Å². The first-order valence-corrected chi connectivity index (χ1v) is 11.5. The Kier molecular flexibility index (Phi) is 8.77. The van der Waals surface area contributed by atoms with E-state index in [2.05, 4.69) is 10.5 Å². The fourth-order valence-electron chi connectivity index (χ4n) is 2.93. The Bertz CT molecular complexity index is 1100. The minimum atomic E-state index is -0.588. The normalized spacial score (nSPS) is 10.5. The lowest BCUT2D eigenvalue weighted by Gasteiger charge is -2.14. The van der Waals surface area contributed by atoms with Gasteiger partial charge in [0.05, 0.1) is 35.9 Å². The van der Waals surface area contributed by atoms with Crippen LogP contribution in [0.5, 0.6) is 11.5 Å². The zero-order valence-electron chi connectivity index (χ0n) is 18.8. The highest BCUT2D eigenvalue weighted by molar-refractivity contribution is 7.98. The van der Waals surface area contributed by atoms with Gasteiger partial charge in [-0.3, -0.25) is 4.79 Å². The highest BCUT2D eigenvalue weighted by Gasteiger charge is 2.16. The summed E-state index contributed by atoms with van der Waals surface area (Å²) in [5.74, 6) is 1.25. The molecule has 174 valence electrons. The maximum Gasteiger partial charge on any atom is 0.339 e. The monoisotopic (exact) mass is 470 g/mol. The quantitative estimate of drug-likeness (QED) is 0.313. The van der Waals surface area contributed by atoms with Crippen LogP contribution < -0.4 is 14.8 Å². The number of amides is 1. The summed E-state index contributed by atoms with van der Waals surface area (Å²) in [5, 5.41) is 6.58. The number of rotatable bonds is 11. The number of nitrogens with zero attached hydrogens (tertiary/aromatic N) is 1. The largest absolute Gasteiger partial charge is 0.494 e. The third-order valence-corrected chi connectivity index (χ3v) is 5.42. The minimum absolute atomic E-state index is 0.375. The summed E-state index contributed by atoms with van der Waals surface area (Å²) >= 11 is 1.43. The molecule has 0 atom stereocenters. The van der Waals surface area contributed by atoms with Crippen molar-refractivity contribution < 1.29 is 28.3 Å². The Labute approximate surface area is 196 Å². The second-order valence-electron chi connectivity index (χ2n) is 6.87. The molecular formula is C24H26N2O6S. The molecule has 0 saturated heterocycles. The maximum atomic E-state index is 12.7. The molecule has 0 aliphatic heterocycles. The number of anilines is 1. The molecule has 8 nitrogen and oxygen atoms in total. The lowest BCUT2D eigenvalue weighted by atomic mass is 10.2. The molecule has 9 heteroatoms. The van der Waals surface area contributed by atoms with E-state index >= 15 is 0 Å². The Balaban J connectivity index is 1.61. The lowest BCUT2D eigenvalue weighted by molar-refractivity contribution is -0.119. The third-order valence-electron chi connectivity index (χ3n) is 4.32. The number of carbonyl (C=O) groups excluding carboxylic acids is 2. The molecule has 3 aromatic rings. The molecule has 0 aliphatic rings. The van der Waals surface area contributed by atoms with Crippen molar-refractivity contribution in [1.82, 2.24) is 5.16 Å². The molecule has 2 aromatic carbocycles. The van der Waals surface area contributed by atoms with Gasteiger partial charge < -0.3 is 24.1 Å². The number of esters is 1. The van der Waals surface area contributed by atoms with Gasteiger partial charge >= 0.3 is 5.97 Å². The Hall–Kier alpha value is -3.46. The lowest BCUT2D eigenvalue weighted by Crippen LogP contribution is -2.21. The van der Waals surface area contributed by atoms with Crippen molar-refractivity contribution in [3.8, 4) is 11.5 Å². The van der Waals surface area contributed by atoms with E-state index in [9.17, 15) is 9.59 Å². The van der Waals surface area contributed by atoms with Gasteiger partial charge in [0.1, 0.15) is 17.3 Å². The summed E-state index contributed by atoms with van der Waals surface area (Å²) in [6.45, 7) is 6.06. The van der Waals surface area contributed by atoms with Crippen molar-refractivity contribution in [3.05, 3.63) is 65.5 Å². The molecule has 0 aliphatic carbocycles. The van der Waals surface area contributed by atoms with Gasteiger partial charge in [-0.1, -0.05) is 17.3 Å². The number of carbonyl (C=O) groups is 2. The maximum absolute atomic E-state index is 12.7. The number of aromatic nitrogens is 1. The Morgan fingerprint density at radius 3 is 2.58 bits per heavy atom. The van der Waals surface area contributed by atoms with Gasteiger partial charge in [-0.2, -0.15) is 0 Å². The van der Waals surface area contributed by atoms with Gasteiger partial charge in [0.15, 0.2) is 6.61 Å². The Morgan fingerprint density at radius 2 is 1.85 bits per heavy atom. The zero-order chi connectivity index (χ0) is 23.6. The van der Waals surface area contributed by atoms with Crippen LogP contribution in [-0.4, -0.2) is 36.9 Å². The number of benzene rings is 2. The number of nitrogens with one attached hydrogen (secondary N) is 1. The molecule has 0 saturated carbocycles. The van der Waals surface area contributed by atoms with Crippen LogP contribution in [0.25, 0.3) is 0 Å². The van der Waals surface area contributed by atoms with Crippen molar-refractivity contribution in [2.24, 2.45) is 0 Å². The SMILES string of the molecule is CCOc1ccc(OCC)c(NC(=O)COC(=O)c2ccccc2SCc2cc(C)no2)c1. The molecule has 0 radical (unpaired) electrons. The van der Waals surface area contributed by atoms with E-state index in [-0.39, 0.29) is 0 Å². The summed E-state index contributed by atoms with van der Waals surface area (Å²) in [6, 6.07) is 14.1. The topological polar surface area (TPSA) is 99.9 Å². The molecule has 0 spiro atoms. The van der Waals surface area contributed by atoms with Crippen molar-refractivity contribution >= 4 is 29.3 Å². The van der Waals surface area contributed by atoms with Gasteiger partial charge in [-0.15, -0.1) is 11.8 Å². The Morgan fingerprint density at radius 1 is 1.06 bits per heavy atom. The zero-order valence-corrected chi connectivity index (χ0v) is 19.6. The van der Waals surface area contributed by atoms with Crippen LogP contribution in [0.4, 0.5) is 5.69 Å². The molecule has 1 N–H and O–H groups in total. The minimum Gasteiger partial charge on any atom is -0.494 e. The molecule has 0 bridgehead atoms. The van der Waals surface area contributed by atoms with Crippen LogP contribution in [0.2, 0.25) is 0 Å². The van der Waals surface area contributed by atoms with E-state index in [4.69, 9.17) is 18.7 Å². The first-order valence-electron chi connectivity index (χ1n) is 10.5. The number of thioether (sulfide) groups is 1. The molecule has 1 aromatic heterocycles. The molecule has 3 rings (SSSR count). The van der Waals surface area contributed by atoms with Crippen LogP contribution >= 0.6 is 11.8 Å². The first-order chi connectivity index (χ1) is 16.0. The smallest absolute Gasteiger partial charge is 0.339 e. The molecular weight excluding hydrogens is 444 g/mol. The summed E-state index contributed by atoms with van der Waals surface area (Å²) < 4.78 is 21.5. The fourth-order valence-corrected chi connectivity index (χ4v) is 3.85. The van der Waals surface area contributed by atoms with Gasteiger partial charge in [-0.25, -0.2) is 4.79 Å². The number of aryl methyl sites for hydroxylation is 1. The van der Waals surface area contributed by atoms with Crippen molar-refractivity contribution in [2.45, 2.75) is 31.4 Å². The molecule has 0 unspecified atom stereocenters. The van der Waals surface area contributed by atoms with Crippen molar-refractivity contribution in [3.63, 3.8) is 0 Å². The van der Waals surface area contributed by atoms with Crippen LogP contribution in [0.3, 0.4) is 0 Å². The average Bonchev–Trinajstić information content (AvgIpc) is 3.23. The highest BCUT2D eigenvalue weighted by atomic mass is 32.2. The predicted octanol–water partition coefficient (Wildman–Crippen LogP) is 4.87. The second-order valence-corrected chi connectivity index (χ2v) is 7.88. The van der Waals surface area contributed by atoms with Gasteiger partial charge in [-0.05, 0) is 45.0 Å². The van der Waals surface area contributed by atoms with E-state index in [0.29, 0.717) is 47.5 Å². The fraction of sp³-hybridized carbons (Fsp3) is 0.292. The van der Waals surface area contributed by atoms with E-state index in [1.165, 1.54) is 11.8 Å². The number of hydrogen-bond acceptors (Lipinski definition) is 8. The second kappa shape index (κ2) is 12.0. The summed E-state index contributed by atoms with van der Waals surface area (Å²) in [7, 11) is 0. The molecule has 1 amide bonds. The third kappa shape index (κ3) is 7.01. The number of ether oxygens (including phenoxy) is 3. The van der Waals surface area contributed by atoms with Crippen LogP contribution in [-0.2, 0) is 15.3 Å². The van der Waals surface area contributed by atoms with Crippen LogP contribution in [0.15, 0.2) is 57.9 Å². The molecule has 0 fully saturated rings. The predicted molar refractivity (Wildman–Crippen MR) is 125 cm³/mol. The first kappa shape index (κ1) is 24.2. The van der Waals surface area contributed by atoms with Crippen LogP contribution in [0, 0.1) is 6.92 Å². The van der Waals surface area contributed by atoms with Gasteiger partial charge in [0.2, 0.25) is 0 Å². The van der Waals surface area contributed by atoms with E-state index in [1.807, 2.05) is 39.0 Å². The van der Waals surface area contributed by atoms with Crippen molar-refractivity contribution in [1.29, 1.82) is 0 Å². The van der Waals surface area contributed by atoms with Gasteiger partial charge in [0.25, 0.3) is 5.91 Å². The standard InChI is InChI=1S/C24H26N2O6S/c1-4-29-17-10-11-21(30-5-2)20(13-17)25-23(27)14-31-24(28)19-8-6-7-9-22(19)33-15-18-12-16(3)26-32-18/h6-13H,4-5,14-15H2,1-3H3,(H,25,27). The molecule has 1 heterocycles. The highest BCUT2D eigenvalue weighted by Crippen LogP contribution is 2.30. The van der Waals surface area contributed by atoms with E-state index in [1.54, 1.807) is 30.3 Å². The van der Waals surface area contributed by atoms with Gasteiger partial charge in [0, 0.05) is 17.0 Å². The average molecular weight is 471 g/mol. The van der Waals surface area contributed by atoms with Crippen molar-refractivity contribution in [2.75, 3.05) is 25.1 Å².